The van der Waals surface area contributed by atoms with E-state index in [-0.39, 0.29) is 11.7 Å². The minimum Gasteiger partial charge on any atom is -0.409 e. The molecule has 5 nitrogen and oxygen atoms in total. The first-order chi connectivity index (χ1) is 9.70. The maximum atomic E-state index is 12.2. The molecule has 0 unspecified atom stereocenters. The predicted octanol–water partition coefficient (Wildman–Crippen LogP) is 2.20. The van der Waals surface area contributed by atoms with Gasteiger partial charge in [0.1, 0.15) is 5.84 Å². The molecule has 0 saturated heterocycles. The molecule has 0 aromatic carbocycles. The highest BCUT2D eigenvalue weighted by Gasteiger charge is 2.31. The molecule has 1 aromatic heterocycles. The van der Waals surface area contributed by atoms with Gasteiger partial charge in [-0.2, -0.15) is 0 Å². The number of carbonyl (C=O) groups excluding carboxylic acids is 1. The lowest BCUT2D eigenvalue weighted by atomic mass is 10.2. The molecule has 0 atom stereocenters. The number of amides is 1. The number of nitrogens with zero attached hydrogens (tertiary/aromatic N) is 2. The van der Waals surface area contributed by atoms with Crippen molar-refractivity contribution in [3.05, 3.63) is 22.4 Å². The highest BCUT2D eigenvalue weighted by molar-refractivity contribution is 7.09. The van der Waals surface area contributed by atoms with Crippen LogP contribution < -0.4 is 5.73 Å². The van der Waals surface area contributed by atoms with Crippen molar-refractivity contribution < 1.29 is 10.0 Å². The van der Waals surface area contributed by atoms with E-state index < -0.39 is 0 Å². The van der Waals surface area contributed by atoms with E-state index in [0.29, 0.717) is 25.4 Å². The minimum atomic E-state index is 0.182. The van der Waals surface area contributed by atoms with E-state index in [1.54, 1.807) is 11.3 Å². The van der Waals surface area contributed by atoms with E-state index >= 15 is 0 Å². The van der Waals surface area contributed by atoms with Crippen molar-refractivity contribution in [2.24, 2.45) is 10.9 Å². The van der Waals surface area contributed by atoms with E-state index in [4.69, 9.17) is 10.9 Å². The van der Waals surface area contributed by atoms with Crippen molar-refractivity contribution in [1.82, 2.24) is 4.90 Å². The first-order valence-electron chi connectivity index (χ1n) is 6.99. The molecule has 20 heavy (non-hydrogen) atoms. The Morgan fingerprint density at radius 3 is 2.90 bits per heavy atom. The van der Waals surface area contributed by atoms with Crippen LogP contribution in [0.15, 0.2) is 22.7 Å². The molecule has 1 heterocycles. The van der Waals surface area contributed by atoms with Crippen LogP contribution in [0.3, 0.4) is 0 Å². The smallest absolute Gasteiger partial charge is 0.222 e. The van der Waals surface area contributed by atoms with Gasteiger partial charge in [0.25, 0.3) is 0 Å². The zero-order valence-electron chi connectivity index (χ0n) is 11.5. The summed E-state index contributed by atoms with van der Waals surface area (Å²) in [6.45, 7) is 0.554. The quantitative estimate of drug-likeness (QED) is 0.334. The van der Waals surface area contributed by atoms with Gasteiger partial charge in [-0.05, 0) is 37.1 Å². The fourth-order valence-electron chi connectivity index (χ4n) is 2.19. The summed E-state index contributed by atoms with van der Waals surface area (Å²) < 4.78 is 0. The molecule has 3 N–H and O–H groups in total. The average Bonchev–Trinajstić information content (AvgIpc) is 3.15. The number of thiophene rings is 1. The summed E-state index contributed by atoms with van der Waals surface area (Å²) in [5.41, 5.74) is 5.47. The Labute approximate surface area is 123 Å². The lowest BCUT2D eigenvalue weighted by Crippen LogP contribution is -2.35. The van der Waals surface area contributed by atoms with E-state index in [2.05, 4.69) is 16.6 Å². The van der Waals surface area contributed by atoms with Crippen molar-refractivity contribution in [2.75, 3.05) is 6.54 Å². The summed E-state index contributed by atoms with van der Waals surface area (Å²) in [7, 11) is 0. The first kappa shape index (κ1) is 14.8. The molecule has 110 valence electrons. The normalized spacial score (nSPS) is 15.3. The van der Waals surface area contributed by atoms with Gasteiger partial charge in [-0.3, -0.25) is 4.79 Å². The van der Waals surface area contributed by atoms with E-state index in [9.17, 15) is 4.79 Å². The summed E-state index contributed by atoms with van der Waals surface area (Å²) in [5.74, 6) is 0.372. The zero-order chi connectivity index (χ0) is 14.4. The maximum absolute atomic E-state index is 12.2. The van der Waals surface area contributed by atoms with Crippen LogP contribution in [0.1, 0.15) is 37.0 Å². The van der Waals surface area contributed by atoms with Crippen molar-refractivity contribution in [2.45, 2.75) is 44.6 Å². The highest BCUT2D eigenvalue weighted by Crippen LogP contribution is 2.28. The van der Waals surface area contributed by atoms with E-state index in [1.807, 2.05) is 11.0 Å². The van der Waals surface area contributed by atoms with Crippen LogP contribution in [-0.2, 0) is 11.2 Å². The lowest BCUT2D eigenvalue weighted by Gasteiger charge is -2.22. The second kappa shape index (κ2) is 7.28. The molecule has 1 aromatic rings. The number of hydrogen-bond acceptors (Lipinski definition) is 4. The molecule has 0 aliphatic heterocycles. The Balaban J connectivity index is 1.75. The van der Waals surface area contributed by atoms with Gasteiger partial charge in [0, 0.05) is 30.3 Å². The van der Waals surface area contributed by atoms with Gasteiger partial charge in [-0.15, -0.1) is 11.3 Å². The standard InChI is InChI=1S/C14H21N3O2S/c15-13(16-19)8-9-17(11-6-7-11)14(18)5-1-3-12-4-2-10-20-12/h2,4,10-11,19H,1,3,5-9H2,(H2,15,16). The van der Waals surface area contributed by atoms with Crippen LogP contribution in [0.5, 0.6) is 0 Å². The first-order valence-corrected chi connectivity index (χ1v) is 7.87. The van der Waals surface area contributed by atoms with Crippen LogP contribution >= 0.6 is 11.3 Å². The molecule has 1 amide bonds. The monoisotopic (exact) mass is 295 g/mol. The summed E-state index contributed by atoms with van der Waals surface area (Å²) >= 11 is 1.73. The third kappa shape index (κ3) is 4.52. The van der Waals surface area contributed by atoms with Gasteiger partial charge in [-0.25, -0.2) is 0 Å². The fourth-order valence-corrected chi connectivity index (χ4v) is 2.95. The van der Waals surface area contributed by atoms with Crippen LogP contribution in [0, 0.1) is 0 Å². The predicted molar refractivity (Wildman–Crippen MR) is 80.0 cm³/mol. The molecule has 1 aliphatic carbocycles. The van der Waals surface area contributed by atoms with Gasteiger partial charge < -0.3 is 15.8 Å². The second-order valence-corrected chi connectivity index (χ2v) is 6.12. The summed E-state index contributed by atoms with van der Waals surface area (Å²) in [6, 6.07) is 4.51. The van der Waals surface area contributed by atoms with Crippen LogP contribution in [-0.4, -0.2) is 34.4 Å². The third-order valence-corrected chi connectivity index (χ3v) is 4.38. The minimum absolute atomic E-state index is 0.182. The van der Waals surface area contributed by atoms with Crippen molar-refractivity contribution >= 4 is 23.1 Å². The van der Waals surface area contributed by atoms with E-state index in [1.165, 1.54) is 4.88 Å². The SMILES string of the molecule is NC(CCN(C(=O)CCCc1cccs1)C1CC1)=NO. The number of carbonyl (C=O) groups is 1. The molecule has 0 bridgehead atoms. The topological polar surface area (TPSA) is 78.9 Å². The number of hydrogen-bond donors (Lipinski definition) is 2. The Bertz CT molecular complexity index is 455. The lowest BCUT2D eigenvalue weighted by molar-refractivity contribution is -0.131. The van der Waals surface area contributed by atoms with Gasteiger partial charge in [0.2, 0.25) is 5.91 Å². The summed E-state index contributed by atoms with van der Waals surface area (Å²) in [5, 5.41) is 13.6. The van der Waals surface area contributed by atoms with Gasteiger partial charge in [-0.1, -0.05) is 11.2 Å². The number of oxime groups is 1. The van der Waals surface area contributed by atoms with Gasteiger partial charge in [0.05, 0.1) is 0 Å². The number of nitrogens with two attached hydrogens (primary N) is 1. The molecular weight excluding hydrogens is 274 g/mol. The summed E-state index contributed by atoms with van der Waals surface area (Å²) in [6.07, 6.45) is 5.00. The Morgan fingerprint density at radius 1 is 1.50 bits per heavy atom. The highest BCUT2D eigenvalue weighted by atomic mass is 32.1. The Hall–Kier alpha value is -1.56. The number of aryl methyl sites for hydroxylation is 1. The molecular formula is C14H21N3O2S. The van der Waals surface area contributed by atoms with Crippen LogP contribution in [0.25, 0.3) is 0 Å². The molecule has 0 spiro atoms. The second-order valence-electron chi connectivity index (χ2n) is 5.09. The third-order valence-electron chi connectivity index (χ3n) is 3.44. The molecule has 6 heteroatoms. The molecule has 1 saturated carbocycles. The molecule has 1 aliphatic rings. The van der Waals surface area contributed by atoms with Crippen molar-refractivity contribution in [3.63, 3.8) is 0 Å². The van der Waals surface area contributed by atoms with Gasteiger partial charge >= 0.3 is 0 Å². The molecule has 1 fully saturated rings. The average molecular weight is 295 g/mol. The Kier molecular flexibility index (Phi) is 5.40. The van der Waals surface area contributed by atoms with E-state index in [0.717, 1.165) is 25.7 Å². The fraction of sp³-hybridized carbons (Fsp3) is 0.571. The van der Waals surface area contributed by atoms with Crippen LogP contribution in [0.2, 0.25) is 0 Å². The largest absolute Gasteiger partial charge is 0.409 e. The Morgan fingerprint density at radius 2 is 2.30 bits per heavy atom. The maximum Gasteiger partial charge on any atom is 0.222 e. The summed E-state index contributed by atoms with van der Waals surface area (Å²) in [4.78, 5) is 15.5. The number of amidine groups is 1. The van der Waals surface area contributed by atoms with Crippen molar-refractivity contribution in [1.29, 1.82) is 0 Å². The van der Waals surface area contributed by atoms with Crippen LogP contribution in [0.4, 0.5) is 0 Å². The zero-order valence-corrected chi connectivity index (χ0v) is 12.3. The van der Waals surface area contributed by atoms with Gasteiger partial charge in [0.15, 0.2) is 0 Å². The molecule has 2 rings (SSSR count). The van der Waals surface area contributed by atoms with Crippen molar-refractivity contribution in [3.8, 4) is 0 Å². The molecule has 0 radical (unpaired) electrons. The number of rotatable bonds is 8.